The number of carboxylic acids is 1. The lowest BCUT2D eigenvalue weighted by Gasteiger charge is -2.43. The van der Waals surface area contributed by atoms with E-state index in [-0.39, 0.29) is 30.7 Å². The molecule has 1 saturated carbocycles. The molecule has 0 spiro atoms. The van der Waals surface area contributed by atoms with Crippen molar-refractivity contribution in [2.45, 2.75) is 58.2 Å². The smallest absolute Gasteiger partial charge is 0.317 e. The van der Waals surface area contributed by atoms with E-state index < -0.39 is 5.97 Å². The summed E-state index contributed by atoms with van der Waals surface area (Å²) in [6, 6.07) is 8.81. The fraction of sp³-hybridized carbons (Fsp3) is 0.600. The Labute approximate surface area is 156 Å². The number of carbonyl (C=O) groups is 2. The number of aliphatic carboxylic acids is 1. The van der Waals surface area contributed by atoms with Crippen LogP contribution in [0, 0.1) is 6.92 Å². The number of rotatable bonds is 8. The van der Waals surface area contributed by atoms with Crippen LogP contribution < -0.4 is 5.32 Å². The van der Waals surface area contributed by atoms with Crippen LogP contribution in [-0.4, -0.2) is 65.2 Å². The lowest BCUT2D eigenvalue weighted by atomic mass is 9.85. The Balaban J connectivity index is 1.77. The van der Waals surface area contributed by atoms with Crippen LogP contribution in [0.25, 0.3) is 0 Å². The van der Waals surface area contributed by atoms with Gasteiger partial charge in [0, 0.05) is 25.2 Å². The van der Waals surface area contributed by atoms with Gasteiger partial charge < -0.3 is 15.3 Å². The van der Waals surface area contributed by atoms with Gasteiger partial charge in [0.05, 0.1) is 6.54 Å². The second-order valence-electron chi connectivity index (χ2n) is 7.38. The second-order valence-corrected chi connectivity index (χ2v) is 7.38. The molecule has 0 radical (unpaired) electrons. The summed E-state index contributed by atoms with van der Waals surface area (Å²) in [5.41, 5.74) is 2.45. The summed E-state index contributed by atoms with van der Waals surface area (Å²) in [7, 11) is 1.83. The van der Waals surface area contributed by atoms with Crippen LogP contribution in [0.4, 0.5) is 4.79 Å². The Bertz CT molecular complexity index is 611. The van der Waals surface area contributed by atoms with Crippen LogP contribution in [0.15, 0.2) is 24.3 Å². The first-order chi connectivity index (χ1) is 12.3. The summed E-state index contributed by atoms with van der Waals surface area (Å²) in [6.45, 7) is 6.86. The van der Waals surface area contributed by atoms with Crippen molar-refractivity contribution in [3.8, 4) is 0 Å². The highest BCUT2D eigenvalue weighted by molar-refractivity contribution is 5.74. The number of benzene rings is 1. The van der Waals surface area contributed by atoms with Gasteiger partial charge in [-0.15, -0.1) is 0 Å². The van der Waals surface area contributed by atoms with Crippen LogP contribution in [-0.2, 0) is 11.2 Å². The fourth-order valence-electron chi connectivity index (χ4n) is 3.36. The third-order valence-electron chi connectivity index (χ3n) is 5.33. The molecule has 1 aliphatic carbocycles. The summed E-state index contributed by atoms with van der Waals surface area (Å²) < 4.78 is 0. The quantitative estimate of drug-likeness (QED) is 0.746. The molecule has 1 aromatic carbocycles. The largest absolute Gasteiger partial charge is 0.480 e. The monoisotopic (exact) mass is 361 g/mol. The highest BCUT2D eigenvalue weighted by atomic mass is 16.4. The molecule has 1 aliphatic rings. The number of hydrogen-bond donors (Lipinski definition) is 2. The van der Waals surface area contributed by atoms with E-state index in [0.29, 0.717) is 6.54 Å². The third-order valence-corrected chi connectivity index (χ3v) is 5.33. The molecule has 0 aliphatic heterocycles. The van der Waals surface area contributed by atoms with Gasteiger partial charge in [-0.3, -0.25) is 9.69 Å². The Morgan fingerprint density at radius 1 is 1.27 bits per heavy atom. The Morgan fingerprint density at radius 2 is 1.88 bits per heavy atom. The van der Waals surface area contributed by atoms with Crippen molar-refractivity contribution in [1.29, 1.82) is 0 Å². The average molecular weight is 361 g/mol. The van der Waals surface area contributed by atoms with Crippen LogP contribution in [0.3, 0.4) is 0 Å². The van der Waals surface area contributed by atoms with E-state index >= 15 is 0 Å². The van der Waals surface area contributed by atoms with Gasteiger partial charge in [-0.05, 0) is 45.2 Å². The van der Waals surface area contributed by atoms with Gasteiger partial charge in [0.25, 0.3) is 0 Å². The molecule has 1 atom stereocenters. The first-order valence-electron chi connectivity index (χ1n) is 9.34. The van der Waals surface area contributed by atoms with E-state index in [9.17, 15) is 9.59 Å². The zero-order chi connectivity index (χ0) is 19.3. The molecule has 6 nitrogen and oxygen atoms in total. The van der Waals surface area contributed by atoms with Crippen molar-refractivity contribution in [2.24, 2.45) is 0 Å². The molecule has 0 saturated heterocycles. The molecule has 1 aromatic rings. The van der Waals surface area contributed by atoms with E-state index in [4.69, 9.17) is 5.11 Å². The van der Waals surface area contributed by atoms with E-state index in [0.717, 1.165) is 19.3 Å². The molecule has 144 valence electrons. The van der Waals surface area contributed by atoms with Gasteiger partial charge in [-0.2, -0.15) is 0 Å². The molecule has 2 amide bonds. The zero-order valence-electron chi connectivity index (χ0n) is 16.2. The number of nitrogens with zero attached hydrogens (tertiary/aromatic N) is 2. The number of hydrogen-bond acceptors (Lipinski definition) is 3. The van der Waals surface area contributed by atoms with Crippen LogP contribution in [0.1, 0.15) is 37.8 Å². The molecule has 26 heavy (non-hydrogen) atoms. The van der Waals surface area contributed by atoms with Crippen LogP contribution >= 0.6 is 0 Å². The molecular weight excluding hydrogens is 330 g/mol. The molecule has 2 N–H and O–H groups in total. The highest BCUT2D eigenvalue weighted by Gasteiger charge is 2.35. The van der Waals surface area contributed by atoms with Crippen molar-refractivity contribution in [1.82, 2.24) is 15.1 Å². The average Bonchev–Trinajstić information content (AvgIpc) is 2.56. The summed E-state index contributed by atoms with van der Waals surface area (Å²) in [6.07, 6.45) is 2.44. The van der Waals surface area contributed by atoms with Gasteiger partial charge in [0.1, 0.15) is 0 Å². The number of aryl methyl sites for hydroxylation is 1. The standard InChI is InChI=1S/C20H31N3O3/c1-5-23(13-19(24)25)18-11-17(12-18)21-20(26)22(4)15(3)10-16-8-6-14(2)7-9-16/h6-9,15,17-18H,5,10-13H2,1-4H3,(H,21,26)(H,24,25). The number of likely N-dealkylation sites (N-methyl/N-ethyl adjacent to an activating group) is 2. The lowest BCUT2D eigenvalue weighted by Crippen LogP contribution is -2.57. The Hall–Kier alpha value is -2.08. The molecule has 2 rings (SSSR count). The number of nitrogens with one attached hydrogen (secondary N) is 1. The molecule has 1 fully saturated rings. The SMILES string of the molecule is CCN(CC(=O)O)C1CC(NC(=O)N(C)C(C)Cc2ccc(C)cc2)C1. The van der Waals surface area contributed by atoms with Crippen molar-refractivity contribution >= 4 is 12.0 Å². The number of urea groups is 1. The summed E-state index contributed by atoms with van der Waals surface area (Å²) in [5, 5.41) is 12.0. The minimum absolute atomic E-state index is 0.0608. The highest BCUT2D eigenvalue weighted by Crippen LogP contribution is 2.25. The van der Waals surface area contributed by atoms with Gasteiger partial charge in [0.15, 0.2) is 0 Å². The first kappa shape index (κ1) is 20.2. The second kappa shape index (κ2) is 9.03. The maximum atomic E-state index is 12.5. The number of amides is 2. The van der Waals surface area contributed by atoms with Crippen LogP contribution in [0.2, 0.25) is 0 Å². The predicted octanol–water partition coefficient (Wildman–Crippen LogP) is 2.50. The van der Waals surface area contributed by atoms with E-state index in [1.165, 1.54) is 11.1 Å². The Kier molecular flexibility index (Phi) is 7.03. The van der Waals surface area contributed by atoms with E-state index in [1.54, 1.807) is 4.90 Å². The maximum absolute atomic E-state index is 12.5. The van der Waals surface area contributed by atoms with Gasteiger partial charge in [-0.25, -0.2) is 4.79 Å². The Morgan fingerprint density at radius 3 is 2.42 bits per heavy atom. The normalized spacial score (nSPS) is 20.3. The number of carboxylic acid groups (broad SMARTS) is 1. The van der Waals surface area contributed by atoms with Gasteiger partial charge >= 0.3 is 12.0 Å². The molecular formula is C20H31N3O3. The summed E-state index contributed by atoms with van der Waals surface area (Å²) in [4.78, 5) is 27.1. The van der Waals surface area contributed by atoms with E-state index in [2.05, 4.69) is 43.4 Å². The summed E-state index contributed by atoms with van der Waals surface area (Å²) in [5.74, 6) is -0.802. The van der Waals surface area contributed by atoms with Gasteiger partial charge in [0.2, 0.25) is 0 Å². The van der Waals surface area contributed by atoms with Crippen molar-refractivity contribution in [3.63, 3.8) is 0 Å². The molecule has 6 heteroatoms. The zero-order valence-corrected chi connectivity index (χ0v) is 16.2. The number of carbonyl (C=O) groups excluding carboxylic acids is 1. The topological polar surface area (TPSA) is 72.9 Å². The molecule has 0 aromatic heterocycles. The van der Waals surface area contributed by atoms with Crippen molar-refractivity contribution < 1.29 is 14.7 Å². The van der Waals surface area contributed by atoms with E-state index in [1.807, 2.05) is 18.9 Å². The van der Waals surface area contributed by atoms with Crippen LogP contribution in [0.5, 0.6) is 0 Å². The van der Waals surface area contributed by atoms with Gasteiger partial charge in [-0.1, -0.05) is 36.8 Å². The third kappa shape index (κ3) is 5.46. The minimum atomic E-state index is -0.802. The van der Waals surface area contributed by atoms with Crippen molar-refractivity contribution in [2.75, 3.05) is 20.1 Å². The van der Waals surface area contributed by atoms with Crippen molar-refractivity contribution in [3.05, 3.63) is 35.4 Å². The molecule has 0 heterocycles. The summed E-state index contributed by atoms with van der Waals surface area (Å²) >= 11 is 0. The minimum Gasteiger partial charge on any atom is -0.480 e. The maximum Gasteiger partial charge on any atom is 0.317 e. The fourth-order valence-corrected chi connectivity index (χ4v) is 3.36. The lowest BCUT2D eigenvalue weighted by molar-refractivity contribution is -0.139. The predicted molar refractivity (Wildman–Crippen MR) is 102 cm³/mol. The molecule has 0 bridgehead atoms. The first-order valence-corrected chi connectivity index (χ1v) is 9.34. The molecule has 1 unspecified atom stereocenters.